The summed E-state index contributed by atoms with van der Waals surface area (Å²) in [6.07, 6.45) is 2.64. The van der Waals surface area contributed by atoms with Gasteiger partial charge in [0, 0.05) is 12.0 Å². The van der Waals surface area contributed by atoms with E-state index in [1.165, 1.54) is 28.1 Å². The largest absolute Gasteiger partial charge is 0.324 e. The van der Waals surface area contributed by atoms with Gasteiger partial charge in [-0.2, -0.15) is 0 Å². The molecule has 0 aliphatic heterocycles. The molecule has 2 nitrogen and oxygen atoms in total. The van der Waals surface area contributed by atoms with Crippen LogP contribution < -0.4 is 5.73 Å². The number of hydrogen-bond donors (Lipinski definition) is 1. The summed E-state index contributed by atoms with van der Waals surface area (Å²) < 4.78 is 1.29. The average Bonchev–Trinajstić information content (AvgIpc) is 2.97. The van der Waals surface area contributed by atoms with Crippen LogP contribution in [0.1, 0.15) is 42.3 Å². The van der Waals surface area contributed by atoms with Gasteiger partial charge in [-0.25, -0.2) is 4.98 Å². The van der Waals surface area contributed by atoms with Gasteiger partial charge in [0.05, 0.1) is 15.2 Å². The van der Waals surface area contributed by atoms with E-state index in [1.54, 1.807) is 0 Å². The Balaban J connectivity index is 2.09. The van der Waals surface area contributed by atoms with Crippen LogP contribution in [-0.2, 0) is 0 Å². The van der Waals surface area contributed by atoms with E-state index in [2.05, 4.69) is 23.2 Å². The highest BCUT2D eigenvalue weighted by Crippen LogP contribution is 2.43. The van der Waals surface area contributed by atoms with E-state index < -0.39 is 0 Å². The van der Waals surface area contributed by atoms with Crippen molar-refractivity contribution in [1.82, 2.24) is 4.98 Å². The number of hydrogen-bond acceptors (Lipinski definition) is 3. The molecule has 1 atom stereocenters. The minimum atomic E-state index is 0.0977. The van der Waals surface area contributed by atoms with Crippen LogP contribution in [0.4, 0.5) is 0 Å². The molecule has 3 rings (SSSR count). The van der Waals surface area contributed by atoms with Gasteiger partial charge in [0.15, 0.2) is 0 Å². The van der Waals surface area contributed by atoms with Gasteiger partial charge in [-0.1, -0.05) is 6.07 Å². The van der Waals surface area contributed by atoms with Crippen LogP contribution >= 0.6 is 11.3 Å². The summed E-state index contributed by atoms with van der Waals surface area (Å²) >= 11 is 1.84. The highest BCUT2D eigenvalue weighted by Gasteiger charge is 2.26. The Kier molecular flexibility index (Phi) is 2.04. The van der Waals surface area contributed by atoms with E-state index in [4.69, 9.17) is 5.73 Å². The number of nitrogens with two attached hydrogens (primary N) is 1. The summed E-state index contributed by atoms with van der Waals surface area (Å²) in [5.41, 5.74) is 8.16. The predicted octanol–water partition coefficient (Wildman–Crippen LogP) is 3.19. The Hall–Kier alpha value is -0.930. The molecule has 1 aromatic heterocycles. The number of benzene rings is 1. The third kappa shape index (κ3) is 1.66. The standard InChI is InChI=1S/C12H14N2S/c1-7(13)9-4-5-11-10(6-9)14-12(15-11)8-2-3-8/h4-8H,2-3,13H2,1H3. The maximum absolute atomic E-state index is 5.86. The fourth-order valence-corrected chi connectivity index (χ4v) is 2.87. The zero-order chi connectivity index (χ0) is 10.4. The molecular weight excluding hydrogens is 204 g/mol. The summed E-state index contributed by atoms with van der Waals surface area (Å²) in [7, 11) is 0. The molecule has 1 heterocycles. The first kappa shape index (κ1) is 9.31. The maximum Gasteiger partial charge on any atom is 0.0969 e. The van der Waals surface area contributed by atoms with Crippen LogP contribution in [-0.4, -0.2) is 4.98 Å². The normalized spacial score (nSPS) is 18.3. The SMILES string of the molecule is CC(N)c1ccc2sc(C3CC3)nc2c1. The molecule has 0 amide bonds. The first-order valence-electron chi connectivity index (χ1n) is 5.40. The summed E-state index contributed by atoms with van der Waals surface area (Å²) in [4.78, 5) is 4.68. The van der Waals surface area contributed by atoms with Crippen molar-refractivity contribution in [2.24, 2.45) is 5.73 Å². The van der Waals surface area contributed by atoms with Crippen LogP contribution in [0, 0.1) is 0 Å². The Morgan fingerprint density at radius 2 is 2.27 bits per heavy atom. The molecule has 3 heteroatoms. The van der Waals surface area contributed by atoms with Crippen molar-refractivity contribution in [3.05, 3.63) is 28.8 Å². The van der Waals surface area contributed by atoms with Crippen LogP contribution in [0.15, 0.2) is 18.2 Å². The molecule has 2 aromatic rings. The van der Waals surface area contributed by atoms with Gasteiger partial charge in [-0.3, -0.25) is 0 Å². The summed E-state index contributed by atoms with van der Waals surface area (Å²) in [6.45, 7) is 2.01. The molecule has 15 heavy (non-hydrogen) atoms. The number of rotatable bonds is 2. The number of fused-ring (bicyclic) bond motifs is 1. The Bertz CT molecular complexity index is 497. The first-order chi connectivity index (χ1) is 7.24. The monoisotopic (exact) mass is 218 g/mol. The van der Waals surface area contributed by atoms with Crippen LogP contribution in [0.2, 0.25) is 0 Å². The molecule has 0 bridgehead atoms. The van der Waals surface area contributed by atoms with Crippen molar-refractivity contribution in [2.45, 2.75) is 31.7 Å². The zero-order valence-corrected chi connectivity index (χ0v) is 9.55. The number of aromatic nitrogens is 1. The third-order valence-electron chi connectivity index (χ3n) is 2.88. The molecule has 0 saturated heterocycles. The fraction of sp³-hybridized carbons (Fsp3) is 0.417. The van der Waals surface area contributed by atoms with Crippen molar-refractivity contribution >= 4 is 21.6 Å². The van der Waals surface area contributed by atoms with E-state index in [0.29, 0.717) is 0 Å². The van der Waals surface area contributed by atoms with E-state index in [-0.39, 0.29) is 6.04 Å². The third-order valence-corrected chi connectivity index (χ3v) is 4.08. The van der Waals surface area contributed by atoms with Crippen molar-refractivity contribution in [3.63, 3.8) is 0 Å². The quantitative estimate of drug-likeness (QED) is 0.840. The van der Waals surface area contributed by atoms with E-state index in [1.807, 2.05) is 18.3 Å². The summed E-state index contributed by atoms with van der Waals surface area (Å²) in [6, 6.07) is 6.49. The molecule has 78 valence electrons. The Labute approximate surface area is 93.1 Å². The van der Waals surface area contributed by atoms with Gasteiger partial charge >= 0.3 is 0 Å². The minimum Gasteiger partial charge on any atom is -0.324 e. The Morgan fingerprint density at radius 1 is 1.47 bits per heavy atom. The highest BCUT2D eigenvalue weighted by atomic mass is 32.1. The average molecular weight is 218 g/mol. The second-order valence-corrected chi connectivity index (χ2v) is 5.40. The van der Waals surface area contributed by atoms with Crippen LogP contribution in [0.25, 0.3) is 10.2 Å². The number of thiazole rings is 1. The molecule has 1 unspecified atom stereocenters. The van der Waals surface area contributed by atoms with E-state index in [0.717, 1.165) is 11.4 Å². The molecule has 0 spiro atoms. The molecule has 1 fully saturated rings. The predicted molar refractivity (Wildman–Crippen MR) is 64.2 cm³/mol. The van der Waals surface area contributed by atoms with Gasteiger partial charge in [0.1, 0.15) is 0 Å². The van der Waals surface area contributed by atoms with E-state index in [9.17, 15) is 0 Å². The highest BCUT2D eigenvalue weighted by molar-refractivity contribution is 7.18. The van der Waals surface area contributed by atoms with Gasteiger partial charge < -0.3 is 5.73 Å². The molecule has 1 aromatic carbocycles. The molecule has 2 N–H and O–H groups in total. The van der Waals surface area contributed by atoms with Crippen LogP contribution in [0.5, 0.6) is 0 Å². The molecular formula is C12H14N2S. The van der Waals surface area contributed by atoms with E-state index >= 15 is 0 Å². The lowest BCUT2D eigenvalue weighted by atomic mass is 10.1. The van der Waals surface area contributed by atoms with Gasteiger partial charge in [0.2, 0.25) is 0 Å². The second kappa shape index (κ2) is 3.29. The molecule has 0 radical (unpaired) electrons. The van der Waals surface area contributed by atoms with Gasteiger partial charge in [-0.15, -0.1) is 11.3 Å². The van der Waals surface area contributed by atoms with Crippen LogP contribution in [0.3, 0.4) is 0 Å². The zero-order valence-electron chi connectivity index (χ0n) is 8.73. The molecule has 1 aliphatic rings. The lowest BCUT2D eigenvalue weighted by molar-refractivity contribution is 0.819. The van der Waals surface area contributed by atoms with Crippen molar-refractivity contribution < 1.29 is 0 Å². The van der Waals surface area contributed by atoms with Gasteiger partial charge in [-0.05, 0) is 37.5 Å². The second-order valence-electron chi connectivity index (χ2n) is 4.34. The first-order valence-corrected chi connectivity index (χ1v) is 6.21. The lowest BCUT2D eigenvalue weighted by Gasteiger charge is -2.03. The maximum atomic E-state index is 5.86. The van der Waals surface area contributed by atoms with Crippen molar-refractivity contribution in [3.8, 4) is 0 Å². The molecule has 1 aliphatic carbocycles. The molecule has 1 saturated carbocycles. The topological polar surface area (TPSA) is 38.9 Å². The summed E-state index contributed by atoms with van der Waals surface area (Å²) in [5.74, 6) is 0.751. The summed E-state index contributed by atoms with van der Waals surface area (Å²) in [5, 5.41) is 1.31. The van der Waals surface area contributed by atoms with Crippen molar-refractivity contribution in [2.75, 3.05) is 0 Å². The van der Waals surface area contributed by atoms with Crippen molar-refractivity contribution in [1.29, 1.82) is 0 Å². The fourth-order valence-electron chi connectivity index (χ4n) is 1.75. The lowest BCUT2D eigenvalue weighted by Crippen LogP contribution is -2.04. The smallest absolute Gasteiger partial charge is 0.0969 e. The Morgan fingerprint density at radius 3 is 2.93 bits per heavy atom. The number of nitrogens with zero attached hydrogens (tertiary/aromatic N) is 1. The van der Waals surface area contributed by atoms with Gasteiger partial charge in [0.25, 0.3) is 0 Å². The minimum absolute atomic E-state index is 0.0977.